The maximum Gasteiger partial charge on any atom is 0.255 e. The number of rotatable bonds is 1. The standard InChI is InChI=1S/C13H16Cl2N2O.ClH/c1-8-7-17(6-5-11(8)16)13(18)9-3-2-4-10(14)12(9)15;/h2-4,8,11H,5-7,16H2,1H3;1H. The Bertz CT molecular complexity index is 467. The molecule has 2 unspecified atom stereocenters. The van der Waals surface area contributed by atoms with E-state index in [1.165, 1.54) is 0 Å². The van der Waals surface area contributed by atoms with Crippen molar-refractivity contribution >= 4 is 41.5 Å². The van der Waals surface area contributed by atoms with Crippen LogP contribution in [0, 0.1) is 5.92 Å². The van der Waals surface area contributed by atoms with Gasteiger partial charge in [-0.15, -0.1) is 12.4 Å². The van der Waals surface area contributed by atoms with Gasteiger partial charge >= 0.3 is 0 Å². The normalized spacial score (nSPS) is 22.8. The zero-order chi connectivity index (χ0) is 13.3. The van der Waals surface area contributed by atoms with Crippen LogP contribution < -0.4 is 5.73 Å². The lowest BCUT2D eigenvalue weighted by atomic mass is 9.94. The summed E-state index contributed by atoms with van der Waals surface area (Å²) in [7, 11) is 0. The molecule has 1 aliphatic heterocycles. The smallest absolute Gasteiger partial charge is 0.255 e. The van der Waals surface area contributed by atoms with Gasteiger partial charge in [0.2, 0.25) is 0 Å². The molecule has 0 aliphatic carbocycles. The zero-order valence-electron chi connectivity index (χ0n) is 10.6. The van der Waals surface area contributed by atoms with E-state index in [1.54, 1.807) is 23.1 Å². The molecule has 1 aliphatic rings. The number of carbonyl (C=O) groups is 1. The van der Waals surface area contributed by atoms with Crippen LogP contribution in [0.2, 0.25) is 10.0 Å². The number of likely N-dealkylation sites (tertiary alicyclic amines) is 1. The Morgan fingerprint density at radius 2 is 2.11 bits per heavy atom. The quantitative estimate of drug-likeness (QED) is 0.862. The number of nitrogens with zero attached hydrogens (tertiary/aromatic N) is 1. The lowest BCUT2D eigenvalue weighted by Crippen LogP contribution is -2.48. The molecular formula is C13H17Cl3N2O. The highest BCUT2D eigenvalue weighted by Gasteiger charge is 2.28. The van der Waals surface area contributed by atoms with E-state index in [2.05, 4.69) is 6.92 Å². The van der Waals surface area contributed by atoms with Crippen molar-refractivity contribution in [2.24, 2.45) is 11.7 Å². The molecule has 19 heavy (non-hydrogen) atoms. The Labute approximate surface area is 129 Å². The number of nitrogens with two attached hydrogens (primary N) is 1. The van der Waals surface area contributed by atoms with Crippen molar-refractivity contribution in [1.29, 1.82) is 0 Å². The first-order chi connectivity index (χ1) is 8.50. The van der Waals surface area contributed by atoms with Crippen molar-refractivity contribution in [2.45, 2.75) is 19.4 Å². The van der Waals surface area contributed by atoms with Crippen molar-refractivity contribution < 1.29 is 4.79 Å². The van der Waals surface area contributed by atoms with Gasteiger partial charge in [0.05, 0.1) is 15.6 Å². The highest BCUT2D eigenvalue weighted by atomic mass is 35.5. The number of amides is 1. The molecular weight excluding hydrogens is 307 g/mol. The maximum absolute atomic E-state index is 12.4. The SMILES string of the molecule is CC1CN(C(=O)c2cccc(Cl)c2Cl)CCC1N.Cl. The van der Waals surface area contributed by atoms with Crippen molar-refractivity contribution in [3.8, 4) is 0 Å². The van der Waals surface area contributed by atoms with Gasteiger partial charge in [-0.2, -0.15) is 0 Å². The molecule has 1 aromatic carbocycles. The Morgan fingerprint density at radius 3 is 2.74 bits per heavy atom. The third-order valence-corrected chi connectivity index (χ3v) is 4.26. The Hall–Kier alpha value is -0.480. The van der Waals surface area contributed by atoms with E-state index in [4.69, 9.17) is 28.9 Å². The third-order valence-electron chi connectivity index (χ3n) is 3.44. The molecule has 0 radical (unpaired) electrons. The molecule has 106 valence electrons. The molecule has 1 amide bonds. The van der Waals surface area contributed by atoms with E-state index in [9.17, 15) is 4.79 Å². The Balaban J connectivity index is 0.00000180. The average Bonchev–Trinajstić information content (AvgIpc) is 2.35. The molecule has 2 atom stereocenters. The Kier molecular flexibility index (Phi) is 5.93. The van der Waals surface area contributed by atoms with E-state index in [0.717, 1.165) is 6.42 Å². The fourth-order valence-corrected chi connectivity index (χ4v) is 2.57. The van der Waals surface area contributed by atoms with E-state index < -0.39 is 0 Å². The minimum Gasteiger partial charge on any atom is -0.338 e. The van der Waals surface area contributed by atoms with Gasteiger partial charge in [0.15, 0.2) is 0 Å². The summed E-state index contributed by atoms with van der Waals surface area (Å²) >= 11 is 12.0. The zero-order valence-corrected chi connectivity index (χ0v) is 12.9. The predicted octanol–water partition coefficient (Wildman–Crippen LogP) is 3.22. The van der Waals surface area contributed by atoms with Crippen LogP contribution in [0.1, 0.15) is 23.7 Å². The monoisotopic (exact) mass is 322 g/mol. The maximum atomic E-state index is 12.4. The van der Waals surface area contributed by atoms with Gasteiger partial charge in [0.25, 0.3) is 5.91 Å². The minimum absolute atomic E-state index is 0. The summed E-state index contributed by atoms with van der Waals surface area (Å²) in [6, 6.07) is 5.29. The fourth-order valence-electron chi connectivity index (χ4n) is 2.19. The lowest BCUT2D eigenvalue weighted by Gasteiger charge is -2.35. The first kappa shape index (κ1) is 16.6. The van der Waals surface area contributed by atoms with Crippen LogP contribution in [0.25, 0.3) is 0 Å². The van der Waals surface area contributed by atoms with Crippen LogP contribution in [0.15, 0.2) is 18.2 Å². The summed E-state index contributed by atoms with van der Waals surface area (Å²) in [4.78, 5) is 14.2. The third kappa shape index (κ3) is 3.54. The Morgan fingerprint density at radius 1 is 1.42 bits per heavy atom. The minimum atomic E-state index is -0.0683. The van der Waals surface area contributed by atoms with Crippen LogP contribution in [-0.2, 0) is 0 Å². The fraction of sp³-hybridized carbons (Fsp3) is 0.462. The number of hydrogen-bond acceptors (Lipinski definition) is 2. The first-order valence-corrected chi connectivity index (χ1v) is 6.75. The summed E-state index contributed by atoms with van der Waals surface area (Å²) in [6.45, 7) is 3.40. The van der Waals surface area contributed by atoms with Crippen LogP contribution >= 0.6 is 35.6 Å². The summed E-state index contributed by atoms with van der Waals surface area (Å²) in [5.41, 5.74) is 6.41. The molecule has 1 saturated heterocycles. The molecule has 6 heteroatoms. The van der Waals surface area contributed by atoms with Crippen molar-refractivity contribution in [2.75, 3.05) is 13.1 Å². The molecule has 0 aromatic heterocycles. The molecule has 2 rings (SSSR count). The number of hydrogen-bond donors (Lipinski definition) is 1. The van der Waals surface area contributed by atoms with Gasteiger partial charge < -0.3 is 10.6 Å². The second kappa shape index (κ2) is 6.80. The van der Waals surface area contributed by atoms with E-state index in [1.807, 2.05) is 0 Å². The second-order valence-electron chi connectivity index (χ2n) is 4.78. The van der Waals surface area contributed by atoms with Gasteiger partial charge in [-0.25, -0.2) is 0 Å². The first-order valence-electron chi connectivity index (χ1n) is 5.99. The van der Waals surface area contributed by atoms with Gasteiger partial charge in [-0.05, 0) is 24.5 Å². The van der Waals surface area contributed by atoms with Gasteiger partial charge in [-0.3, -0.25) is 4.79 Å². The van der Waals surface area contributed by atoms with Gasteiger partial charge in [0.1, 0.15) is 0 Å². The van der Waals surface area contributed by atoms with Crippen molar-refractivity contribution in [3.63, 3.8) is 0 Å². The summed E-state index contributed by atoms with van der Waals surface area (Å²) < 4.78 is 0. The van der Waals surface area contributed by atoms with Crippen molar-refractivity contribution in [1.82, 2.24) is 4.90 Å². The predicted molar refractivity (Wildman–Crippen MR) is 81.4 cm³/mol. The van der Waals surface area contributed by atoms with E-state index >= 15 is 0 Å². The lowest BCUT2D eigenvalue weighted by molar-refractivity contribution is 0.0664. The van der Waals surface area contributed by atoms with Crippen LogP contribution in [-0.4, -0.2) is 29.9 Å². The van der Waals surface area contributed by atoms with Crippen LogP contribution in [0.3, 0.4) is 0 Å². The molecule has 3 nitrogen and oxygen atoms in total. The van der Waals surface area contributed by atoms with Crippen LogP contribution in [0.4, 0.5) is 0 Å². The molecule has 0 saturated carbocycles. The molecule has 0 spiro atoms. The summed E-state index contributed by atoms with van der Waals surface area (Å²) in [5, 5.41) is 0.732. The summed E-state index contributed by atoms with van der Waals surface area (Å²) in [5.74, 6) is 0.238. The average molecular weight is 324 g/mol. The van der Waals surface area contributed by atoms with Gasteiger partial charge in [-0.1, -0.05) is 36.2 Å². The topological polar surface area (TPSA) is 46.3 Å². The number of benzene rings is 1. The van der Waals surface area contributed by atoms with Crippen molar-refractivity contribution in [3.05, 3.63) is 33.8 Å². The molecule has 0 bridgehead atoms. The number of carbonyl (C=O) groups excluding carboxylic acids is 1. The van der Waals surface area contributed by atoms with E-state index in [0.29, 0.717) is 34.6 Å². The van der Waals surface area contributed by atoms with Crippen LogP contribution in [0.5, 0.6) is 0 Å². The largest absolute Gasteiger partial charge is 0.338 e. The highest BCUT2D eigenvalue weighted by Crippen LogP contribution is 2.27. The number of piperidine rings is 1. The number of halogens is 3. The summed E-state index contributed by atoms with van der Waals surface area (Å²) in [6.07, 6.45) is 0.824. The second-order valence-corrected chi connectivity index (χ2v) is 5.57. The van der Waals surface area contributed by atoms with Gasteiger partial charge in [0, 0.05) is 19.1 Å². The molecule has 1 aromatic rings. The molecule has 1 fully saturated rings. The molecule has 1 heterocycles. The molecule has 2 N–H and O–H groups in total. The highest BCUT2D eigenvalue weighted by molar-refractivity contribution is 6.43. The van der Waals surface area contributed by atoms with E-state index in [-0.39, 0.29) is 24.4 Å².